The first-order valence-electron chi connectivity index (χ1n) is 10.4. The lowest BCUT2D eigenvalue weighted by atomic mass is 10.0. The lowest BCUT2D eigenvalue weighted by molar-refractivity contribution is -0.0922. The SMILES string of the molecule is CCCCc1ccc(CCCCCCON2C(=O)c3ccccc3C2=O)cc1. The molecule has 2 aromatic carbocycles. The Morgan fingerprint density at radius 2 is 1.25 bits per heavy atom. The number of benzene rings is 2. The van der Waals surface area contributed by atoms with Crippen LogP contribution < -0.4 is 0 Å². The Kier molecular flexibility index (Phi) is 7.38. The van der Waals surface area contributed by atoms with Crippen LogP contribution in [0.2, 0.25) is 0 Å². The van der Waals surface area contributed by atoms with Crippen LogP contribution in [0.1, 0.15) is 77.3 Å². The lowest BCUT2D eigenvalue weighted by Gasteiger charge is -2.13. The highest BCUT2D eigenvalue weighted by molar-refractivity contribution is 6.20. The molecule has 0 radical (unpaired) electrons. The van der Waals surface area contributed by atoms with Gasteiger partial charge in [-0.2, -0.15) is 0 Å². The molecule has 4 heteroatoms. The molecular formula is C24H29NO3. The molecule has 1 heterocycles. The largest absolute Gasteiger partial charge is 0.285 e. The minimum absolute atomic E-state index is 0.358. The Morgan fingerprint density at radius 3 is 1.82 bits per heavy atom. The molecule has 0 unspecified atom stereocenters. The number of rotatable bonds is 11. The van der Waals surface area contributed by atoms with Crippen molar-refractivity contribution in [3.63, 3.8) is 0 Å². The van der Waals surface area contributed by atoms with Crippen LogP contribution >= 0.6 is 0 Å². The first-order chi connectivity index (χ1) is 13.7. The van der Waals surface area contributed by atoms with E-state index in [4.69, 9.17) is 4.84 Å². The zero-order valence-corrected chi connectivity index (χ0v) is 16.7. The van der Waals surface area contributed by atoms with E-state index in [1.165, 1.54) is 30.4 Å². The van der Waals surface area contributed by atoms with E-state index in [1.807, 2.05) is 0 Å². The highest BCUT2D eigenvalue weighted by Crippen LogP contribution is 2.22. The molecule has 0 N–H and O–H groups in total. The molecule has 0 bridgehead atoms. The molecule has 0 saturated carbocycles. The lowest BCUT2D eigenvalue weighted by Crippen LogP contribution is -2.30. The third-order valence-electron chi connectivity index (χ3n) is 5.18. The van der Waals surface area contributed by atoms with E-state index in [-0.39, 0.29) is 11.8 Å². The summed E-state index contributed by atoms with van der Waals surface area (Å²) in [6.07, 6.45) is 8.86. The number of carbonyl (C=O) groups is 2. The summed E-state index contributed by atoms with van der Waals surface area (Å²) in [5.41, 5.74) is 3.67. The van der Waals surface area contributed by atoms with Crippen molar-refractivity contribution < 1.29 is 14.4 Å². The van der Waals surface area contributed by atoms with Gasteiger partial charge >= 0.3 is 0 Å². The average Bonchev–Trinajstić information content (AvgIpc) is 2.97. The maximum atomic E-state index is 12.2. The standard InChI is InChI=1S/C24H29NO3/c1-2-3-10-19-14-16-20(17-15-19)11-6-4-5-9-18-28-25-23(26)21-12-7-8-13-22(21)24(25)27/h7-8,12-17H,2-6,9-11,18H2,1H3. The summed E-state index contributed by atoms with van der Waals surface area (Å²) in [5, 5.41) is 0.908. The molecule has 3 rings (SSSR count). The Morgan fingerprint density at radius 1 is 0.714 bits per heavy atom. The second-order valence-electron chi connectivity index (χ2n) is 7.37. The predicted molar refractivity (Wildman–Crippen MR) is 110 cm³/mol. The van der Waals surface area contributed by atoms with Crippen LogP contribution in [0.5, 0.6) is 0 Å². The second kappa shape index (κ2) is 10.2. The first kappa shape index (κ1) is 20.3. The van der Waals surface area contributed by atoms with Crippen molar-refractivity contribution in [1.82, 2.24) is 5.06 Å². The van der Waals surface area contributed by atoms with Gasteiger partial charge in [-0.25, -0.2) is 0 Å². The van der Waals surface area contributed by atoms with Crippen molar-refractivity contribution in [3.8, 4) is 0 Å². The van der Waals surface area contributed by atoms with Crippen molar-refractivity contribution in [2.24, 2.45) is 0 Å². The molecule has 4 nitrogen and oxygen atoms in total. The predicted octanol–water partition coefficient (Wildman–Crippen LogP) is 5.36. The molecule has 0 saturated heterocycles. The first-order valence-corrected chi connectivity index (χ1v) is 10.4. The molecule has 0 atom stereocenters. The topological polar surface area (TPSA) is 46.6 Å². The number of hydrogen-bond acceptors (Lipinski definition) is 3. The Bertz CT molecular complexity index is 763. The van der Waals surface area contributed by atoms with E-state index in [9.17, 15) is 9.59 Å². The Balaban J connectivity index is 1.30. The number of hydrogen-bond donors (Lipinski definition) is 0. The number of unbranched alkanes of at least 4 members (excludes halogenated alkanes) is 4. The number of hydroxylamine groups is 2. The van der Waals surface area contributed by atoms with Gasteiger partial charge in [0, 0.05) is 0 Å². The van der Waals surface area contributed by atoms with Crippen molar-refractivity contribution in [1.29, 1.82) is 0 Å². The van der Waals surface area contributed by atoms with Gasteiger partial charge in [-0.1, -0.05) is 62.6 Å². The fourth-order valence-corrected chi connectivity index (χ4v) is 3.48. The van der Waals surface area contributed by atoms with Gasteiger partial charge in [0.15, 0.2) is 0 Å². The Labute approximate surface area is 167 Å². The number of aryl methyl sites for hydroxylation is 2. The smallest absolute Gasteiger partial charge is 0.266 e. The summed E-state index contributed by atoms with van der Waals surface area (Å²) in [4.78, 5) is 29.8. The normalized spacial score (nSPS) is 13.2. The van der Waals surface area contributed by atoms with Gasteiger partial charge < -0.3 is 0 Å². The van der Waals surface area contributed by atoms with Gasteiger partial charge in [0.1, 0.15) is 0 Å². The molecule has 0 aromatic heterocycles. The third kappa shape index (κ3) is 5.08. The van der Waals surface area contributed by atoms with E-state index in [2.05, 4.69) is 31.2 Å². The fraction of sp³-hybridized carbons (Fsp3) is 0.417. The van der Waals surface area contributed by atoms with Crippen LogP contribution in [-0.2, 0) is 17.7 Å². The van der Waals surface area contributed by atoms with E-state index in [0.717, 1.165) is 37.2 Å². The molecule has 1 aliphatic rings. The molecule has 1 aliphatic heterocycles. The van der Waals surface area contributed by atoms with Crippen LogP contribution in [-0.4, -0.2) is 23.5 Å². The molecule has 0 aliphatic carbocycles. The monoisotopic (exact) mass is 379 g/mol. The summed E-state index contributed by atoms with van der Waals surface area (Å²) < 4.78 is 0. The maximum absolute atomic E-state index is 12.2. The van der Waals surface area contributed by atoms with Crippen LogP contribution in [0, 0.1) is 0 Å². The van der Waals surface area contributed by atoms with Gasteiger partial charge in [0.25, 0.3) is 11.8 Å². The van der Waals surface area contributed by atoms with Crippen LogP contribution in [0.4, 0.5) is 0 Å². The van der Waals surface area contributed by atoms with Gasteiger partial charge in [0.2, 0.25) is 0 Å². The highest BCUT2D eigenvalue weighted by Gasteiger charge is 2.36. The average molecular weight is 380 g/mol. The molecule has 148 valence electrons. The van der Waals surface area contributed by atoms with Gasteiger partial charge in [0.05, 0.1) is 17.7 Å². The van der Waals surface area contributed by atoms with Gasteiger partial charge in [-0.3, -0.25) is 14.4 Å². The number of fused-ring (bicyclic) bond motifs is 1. The number of imide groups is 1. The van der Waals surface area contributed by atoms with E-state index in [0.29, 0.717) is 17.7 Å². The van der Waals surface area contributed by atoms with Crippen molar-refractivity contribution in [2.75, 3.05) is 6.61 Å². The van der Waals surface area contributed by atoms with Gasteiger partial charge in [-0.15, -0.1) is 5.06 Å². The molecule has 2 amide bonds. The summed E-state index contributed by atoms with van der Waals surface area (Å²) in [6, 6.07) is 15.8. The molecule has 2 aromatic rings. The highest BCUT2D eigenvalue weighted by atomic mass is 16.7. The molecular weight excluding hydrogens is 350 g/mol. The quantitative estimate of drug-likeness (QED) is 0.390. The number of amides is 2. The van der Waals surface area contributed by atoms with Crippen LogP contribution in [0.25, 0.3) is 0 Å². The summed E-state index contributed by atoms with van der Waals surface area (Å²) in [7, 11) is 0. The maximum Gasteiger partial charge on any atom is 0.285 e. The number of carbonyl (C=O) groups excluding carboxylic acids is 2. The zero-order valence-electron chi connectivity index (χ0n) is 16.7. The van der Waals surface area contributed by atoms with E-state index in [1.54, 1.807) is 24.3 Å². The van der Waals surface area contributed by atoms with Crippen molar-refractivity contribution in [3.05, 3.63) is 70.8 Å². The second-order valence-corrected chi connectivity index (χ2v) is 7.37. The van der Waals surface area contributed by atoms with Crippen molar-refractivity contribution in [2.45, 2.75) is 58.3 Å². The van der Waals surface area contributed by atoms with Gasteiger partial charge in [-0.05, 0) is 55.4 Å². The van der Waals surface area contributed by atoms with Crippen LogP contribution in [0.15, 0.2) is 48.5 Å². The third-order valence-corrected chi connectivity index (χ3v) is 5.18. The molecule has 28 heavy (non-hydrogen) atoms. The minimum atomic E-state index is -0.358. The molecule has 0 spiro atoms. The van der Waals surface area contributed by atoms with Crippen molar-refractivity contribution >= 4 is 11.8 Å². The summed E-state index contributed by atoms with van der Waals surface area (Å²) in [5.74, 6) is -0.717. The van der Waals surface area contributed by atoms with Crippen LogP contribution in [0.3, 0.4) is 0 Å². The van der Waals surface area contributed by atoms with E-state index >= 15 is 0 Å². The summed E-state index contributed by atoms with van der Waals surface area (Å²) in [6.45, 7) is 2.61. The summed E-state index contributed by atoms with van der Waals surface area (Å²) >= 11 is 0. The molecule has 0 fully saturated rings. The number of nitrogens with zero attached hydrogens (tertiary/aromatic N) is 1. The zero-order chi connectivity index (χ0) is 19.8. The Hall–Kier alpha value is -2.46. The fourth-order valence-electron chi connectivity index (χ4n) is 3.48. The minimum Gasteiger partial charge on any atom is -0.266 e. The van der Waals surface area contributed by atoms with E-state index < -0.39 is 0 Å².